The number of fused-ring (bicyclic) bond motifs is 1. The van der Waals surface area contributed by atoms with Crippen molar-refractivity contribution in [3.8, 4) is 5.88 Å². The van der Waals surface area contributed by atoms with E-state index >= 15 is 0 Å². The van der Waals surface area contributed by atoms with Crippen molar-refractivity contribution in [3.05, 3.63) is 18.6 Å². The van der Waals surface area contributed by atoms with Crippen LogP contribution in [-0.2, 0) is 4.74 Å². The molecule has 6 nitrogen and oxygen atoms in total. The van der Waals surface area contributed by atoms with Gasteiger partial charge in [0.05, 0.1) is 12.3 Å². The summed E-state index contributed by atoms with van der Waals surface area (Å²) >= 11 is 0. The van der Waals surface area contributed by atoms with Gasteiger partial charge in [0.2, 0.25) is 5.65 Å². The normalized spacial score (nSPS) is 22.4. The Bertz CT molecular complexity index is 598. The fraction of sp³-hybridized carbons (Fsp3) is 0.600. The molecule has 1 aliphatic rings. The van der Waals surface area contributed by atoms with Gasteiger partial charge in [-0.3, -0.25) is 4.40 Å². The molecule has 21 heavy (non-hydrogen) atoms. The van der Waals surface area contributed by atoms with E-state index in [2.05, 4.69) is 15.3 Å². The van der Waals surface area contributed by atoms with E-state index in [9.17, 15) is 0 Å². The highest BCUT2D eigenvalue weighted by Crippen LogP contribution is 2.27. The Hall–Kier alpha value is -1.82. The van der Waals surface area contributed by atoms with Crippen LogP contribution >= 0.6 is 0 Å². The van der Waals surface area contributed by atoms with Crippen LogP contribution in [0, 0.1) is 0 Å². The molecule has 0 radical (unpaired) electrons. The number of rotatable bonds is 5. The van der Waals surface area contributed by atoms with Crippen LogP contribution in [0.25, 0.3) is 5.65 Å². The molecule has 2 unspecified atom stereocenters. The highest BCUT2D eigenvalue weighted by atomic mass is 16.5. The first-order valence-electron chi connectivity index (χ1n) is 7.57. The summed E-state index contributed by atoms with van der Waals surface area (Å²) in [5, 5.41) is 3.22. The molecule has 3 rings (SSSR count). The largest absolute Gasteiger partial charge is 0.472 e. The Labute approximate surface area is 124 Å². The Kier molecular flexibility index (Phi) is 4.24. The van der Waals surface area contributed by atoms with Gasteiger partial charge in [0.1, 0.15) is 11.9 Å². The number of anilines is 1. The van der Waals surface area contributed by atoms with Crippen LogP contribution in [0.1, 0.15) is 32.6 Å². The van der Waals surface area contributed by atoms with Gasteiger partial charge in [-0.2, -0.15) is 4.98 Å². The predicted molar refractivity (Wildman–Crippen MR) is 80.8 cm³/mol. The van der Waals surface area contributed by atoms with E-state index in [-0.39, 0.29) is 12.2 Å². The van der Waals surface area contributed by atoms with Crippen LogP contribution in [0.5, 0.6) is 5.88 Å². The number of nitrogens with one attached hydrogen (secondary N) is 1. The summed E-state index contributed by atoms with van der Waals surface area (Å²) in [5.41, 5.74) is 0.760. The zero-order chi connectivity index (χ0) is 14.7. The van der Waals surface area contributed by atoms with Crippen molar-refractivity contribution in [1.82, 2.24) is 14.4 Å². The SMILES string of the molecule is CCNc1cn2ccnc2c(OC2CCCC(OC)C2)n1. The molecule has 1 aliphatic carbocycles. The van der Waals surface area contributed by atoms with Gasteiger partial charge in [-0.05, 0) is 26.2 Å². The van der Waals surface area contributed by atoms with Crippen molar-refractivity contribution in [1.29, 1.82) is 0 Å². The van der Waals surface area contributed by atoms with Crippen molar-refractivity contribution in [3.63, 3.8) is 0 Å². The minimum atomic E-state index is 0.147. The molecule has 0 amide bonds. The first kappa shape index (κ1) is 14.1. The second kappa shape index (κ2) is 6.30. The second-order valence-corrected chi connectivity index (χ2v) is 5.38. The van der Waals surface area contributed by atoms with Crippen LogP contribution in [-0.4, -0.2) is 40.2 Å². The molecule has 0 bridgehead atoms. The van der Waals surface area contributed by atoms with Crippen molar-refractivity contribution in [2.75, 3.05) is 19.0 Å². The average Bonchev–Trinajstić information content (AvgIpc) is 2.96. The molecule has 2 heterocycles. The summed E-state index contributed by atoms with van der Waals surface area (Å²) in [6.45, 7) is 2.87. The molecule has 1 fully saturated rings. The van der Waals surface area contributed by atoms with Crippen LogP contribution in [0.2, 0.25) is 0 Å². The standard InChI is InChI=1S/C15H22N4O2/c1-3-16-13-10-19-8-7-17-14(19)15(18-13)21-12-6-4-5-11(9-12)20-2/h7-8,10-12,16H,3-6,9H2,1-2H3. The maximum absolute atomic E-state index is 6.13. The molecule has 0 aliphatic heterocycles. The van der Waals surface area contributed by atoms with Gasteiger partial charge in [-0.15, -0.1) is 0 Å². The van der Waals surface area contributed by atoms with Gasteiger partial charge >= 0.3 is 0 Å². The summed E-state index contributed by atoms with van der Waals surface area (Å²) < 4.78 is 13.5. The first-order valence-corrected chi connectivity index (χ1v) is 7.57. The number of imidazole rings is 1. The van der Waals surface area contributed by atoms with Crippen LogP contribution in [0.4, 0.5) is 5.82 Å². The van der Waals surface area contributed by atoms with E-state index in [1.807, 2.05) is 23.7 Å². The molecule has 1 N–H and O–H groups in total. The molecule has 2 aromatic heterocycles. The molecule has 2 aromatic rings. The molecular weight excluding hydrogens is 268 g/mol. The Balaban J connectivity index is 1.83. The summed E-state index contributed by atoms with van der Waals surface area (Å²) in [4.78, 5) is 8.89. The summed E-state index contributed by atoms with van der Waals surface area (Å²) in [6.07, 6.45) is 10.2. The number of aromatic nitrogens is 3. The highest BCUT2D eigenvalue weighted by Gasteiger charge is 2.24. The number of methoxy groups -OCH3 is 1. The maximum atomic E-state index is 6.13. The monoisotopic (exact) mass is 290 g/mol. The minimum absolute atomic E-state index is 0.147. The third kappa shape index (κ3) is 3.10. The summed E-state index contributed by atoms with van der Waals surface area (Å²) in [6, 6.07) is 0. The van der Waals surface area contributed by atoms with Gasteiger partial charge < -0.3 is 14.8 Å². The number of hydrogen-bond acceptors (Lipinski definition) is 5. The van der Waals surface area contributed by atoms with E-state index in [0.717, 1.165) is 43.7 Å². The molecule has 114 valence electrons. The van der Waals surface area contributed by atoms with Gasteiger partial charge in [0, 0.05) is 32.5 Å². The second-order valence-electron chi connectivity index (χ2n) is 5.38. The van der Waals surface area contributed by atoms with E-state index in [4.69, 9.17) is 9.47 Å². The maximum Gasteiger partial charge on any atom is 0.260 e. The van der Waals surface area contributed by atoms with Gasteiger partial charge in [0.15, 0.2) is 0 Å². The van der Waals surface area contributed by atoms with Crippen LogP contribution in [0.15, 0.2) is 18.6 Å². The molecular formula is C15H22N4O2. The predicted octanol–water partition coefficient (Wildman–Crippen LogP) is 2.50. The third-order valence-electron chi connectivity index (χ3n) is 3.89. The highest BCUT2D eigenvalue weighted by molar-refractivity contribution is 5.53. The van der Waals surface area contributed by atoms with Gasteiger partial charge in [-0.1, -0.05) is 0 Å². The van der Waals surface area contributed by atoms with Crippen molar-refractivity contribution < 1.29 is 9.47 Å². The Morgan fingerprint density at radius 2 is 2.24 bits per heavy atom. The quantitative estimate of drug-likeness (QED) is 0.916. The Morgan fingerprint density at radius 3 is 3.05 bits per heavy atom. The lowest BCUT2D eigenvalue weighted by atomic mass is 9.95. The minimum Gasteiger partial charge on any atom is -0.472 e. The Morgan fingerprint density at radius 1 is 1.38 bits per heavy atom. The smallest absolute Gasteiger partial charge is 0.260 e. The molecule has 2 atom stereocenters. The van der Waals surface area contributed by atoms with E-state index in [0.29, 0.717) is 5.88 Å². The van der Waals surface area contributed by atoms with Crippen molar-refractivity contribution >= 4 is 11.5 Å². The zero-order valence-corrected chi connectivity index (χ0v) is 12.6. The molecule has 6 heteroatoms. The summed E-state index contributed by atoms with van der Waals surface area (Å²) in [7, 11) is 1.77. The molecule has 1 saturated carbocycles. The van der Waals surface area contributed by atoms with Crippen molar-refractivity contribution in [2.45, 2.75) is 44.8 Å². The van der Waals surface area contributed by atoms with Crippen LogP contribution in [0.3, 0.4) is 0 Å². The lowest BCUT2D eigenvalue weighted by molar-refractivity contribution is 0.0199. The zero-order valence-electron chi connectivity index (χ0n) is 12.6. The first-order chi connectivity index (χ1) is 10.3. The third-order valence-corrected chi connectivity index (χ3v) is 3.89. The summed E-state index contributed by atoms with van der Waals surface area (Å²) in [5.74, 6) is 1.40. The number of nitrogens with zero attached hydrogens (tertiary/aromatic N) is 3. The van der Waals surface area contributed by atoms with Crippen LogP contribution < -0.4 is 10.1 Å². The number of ether oxygens (including phenoxy) is 2. The fourth-order valence-corrected chi connectivity index (χ4v) is 2.83. The van der Waals surface area contributed by atoms with Gasteiger partial charge in [-0.25, -0.2) is 4.98 Å². The topological polar surface area (TPSA) is 60.7 Å². The van der Waals surface area contributed by atoms with E-state index in [1.54, 1.807) is 13.3 Å². The lowest BCUT2D eigenvalue weighted by Crippen LogP contribution is -2.30. The average molecular weight is 290 g/mol. The molecule has 0 aromatic carbocycles. The van der Waals surface area contributed by atoms with E-state index in [1.165, 1.54) is 0 Å². The lowest BCUT2D eigenvalue weighted by Gasteiger charge is -2.28. The van der Waals surface area contributed by atoms with Gasteiger partial charge in [0.25, 0.3) is 5.88 Å². The van der Waals surface area contributed by atoms with E-state index < -0.39 is 0 Å². The molecule has 0 saturated heterocycles. The molecule has 0 spiro atoms. The number of hydrogen-bond donors (Lipinski definition) is 1. The fourth-order valence-electron chi connectivity index (χ4n) is 2.83. The van der Waals surface area contributed by atoms with Crippen molar-refractivity contribution in [2.24, 2.45) is 0 Å².